The Morgan fingerprint density at radius 3 is 2.58 bits per heavy atom. The molecule has 2 aromatic heterocycles. The summed E-state index contributed by atoms with van der Waals surface area (Å²) >= 11 is 0. The number of hydrogen-bond acceptors (Lipinski definition) is 8. The number of anilines is 3. The first-order chi connectivity index (χ1) is 15.4. The third-order valence-electron chi connectivity index (χ3n) is 5.88. The van der Waals surface area contributed by atoms with Crippen LogP contribution in [0.15, 0.2) is 42.7 Å². The summed E-state index contributed by atoms with van der Waals surface area (Å²) in [5.74, 6) is 3.27. The Hall–Kier alpha value is -3.39. The highest BCUT2D eigenvalue weighted by atomic mass is 16.6. The molecule has 1 aromatic carbocycles. The molecule has 0 N–H and O–H groups in total. The molecule has 158 valence electrons. The minimum atomic E-state index is 0.571. The topological polar surface area (TPSA) is 72.8 Å². The van der Waals surface area contributed by atoms with Gasteiger partial charge in [-0.05, 0) is 30.7 Å². The summed E-state index contributed by atoms with van der Waals surface area (Å²) in [6.45, 7) is 4.95. The van der Waals surface area contributed by atoms with Gasteiger partial charge in [-0.1, -0.05) is 0 Å². The van der Waals surface area contributed by atoms with Gasteiger partial charge in [0.15, 0.2) is 11.5 Å². The molecule has 0 bridgehead atoms. The van der Waals surface area contributed by atoms with Crippen LogP contribution in [-0.4, -0.2) is 61.0 Å². The van der Waals surface area contributed by atoms with Gasteiger partial charge in [0.25, 0.3) is 0 Å². The average molecular weight is 417 g/mol. The van der Waals surface area contributed by atoms with E-state index >= 15 is 0 Å². The van der Waals surface area contributed by atoms with Gasteiger partial charge >= 0.3 is 0 Å². The van der Waals surface area contributed by atoms with Crippen LogP contribution in [0.5, 0.6) is 11.5 Å². The van der Waals surface area contributed by atoms with Gasteiger partial charge in [0.1, 0.15) is 19.0 Å². The van der Waals surface area contributed by atoms with Gasteiger partial charge in [-0.25, -0.2) is 4.98 Å². The minimum absolute atomic E-state index is 0.571. The van der Waals surface area contributed by atoms with Gasteiger partial charge in [0, 0.05) is 54.9 Å². The van der Waals surface area contributed by atoms with Crippen LogP contribution in [0, 0.1) is 0 Å². The number of rotatable bonds is 3. The van der Waals surface area contributed by atoms with Crippen LogP contribution in [0.2, 0.25) is 0 Å². The van der Waals surface area contributed by atoms with E-state index in [-0.39, 0.29) is 0 Å². The predicted molar refractivity (Wildman–Crippen MR) is 116 cm³/mol. The fraction of sp³-hybridized carbons (Fsp3) is 0.348. The van der Waals surface area contributed by atoms with E-state index in [1.54, 1.807) is 6.20 Å². The van der Waals surface area contributed by atoms with E-state index in [2.05, 4.69) is 26.9 Å². The summed E-state index contributed by atoms with van der Waals surface area (Å²) in [5, 5.41) is 0. The van der Waals surface area contributed by atoms with Crippen LogP contribution in [0.25, 0.3) is 11.3 Å². The van der Waals surface area contributed by atoms with Crippen molar-refractivity contribution in [2.24, 2.45) is 0 Å². The summed E-state index contributed by atoms with van der Waals surface area (Å²) in [5.41, 5.74) is 4.17. The lowest BCUT2D eigenvalue weighted by Crippen LogP contribution is -2.37. The maximum atomic E-state index is 5.81. The molecule has 5 heterocycles. The molecule has 31 heavy (non-hydrogen) atoms. The molecule has 0 saturated carbocycles. The van der Waals surface area contributed by atoms with Gasteiger partial charge in [-0.15, -0.1) is 0 Å². The number of aromatic nitrogens is 3. The number of pyridine rings is 1. The molecule has 0 spiro atoms. The Labute approximate surface area is 180 Å². The van der Waals surface area contributed by atoms with Crippen molar-refractivity contribution in [1.29, 1.82) is 0 Å². The van der Waals surface area contributed by atoms with Crippen molar-refractivity contribution in [1.82, 2.24) is 15.0 Å². The molecular weight excluding hydrogens is 394 g/mol. The Bertz CT molecular complexity index is 1100. The second-order valence-corrected chi connectivity index (χ2v) is 7.75. The van der Waals surface area contributed by atoms with Gasteiger partial charge in [0.2, 0.25) is 5.95 Å². The summed E-state index contributed by atoms with van der Waals surface area (Å²) < 4.78 is 17.0. The van der Waals surface area contributed by atoms with Crippen molar-refractivity contribution in [3.05, 3.63) is 48.3 Å². The van der Waals surface area contributed by atoms with E-state index in [1.807, 2.05) is 24.4 Å². The predicted octanol–water partition coefficient (Wildman–Crippen LogP) is 2.84. The maximum Gasteiger partial charge on any atom is 0.228 e. The van der Waals surface area contributed by atoms with E-state index in [1.165, 1.54) is 0 Å². The molecule has 0 aliphatic carbocycles. The lowest BCUT2D eigenvalue weighted by molar-refractivity contribution is 0.122. The zero-order valence-electron chi connectivity index (χ0n) is 17.2. The maximum absolute atomic E-state index is 5.81. The third kappa shape index (κ3) is 3.33. The zero-order valence-corrected chi connectivity index (χ0v) is 17.2. The van der Waals surface area contributed by atoms with E-state index < -0.39 is 0 Å². The van der Waals surface area contributed by atoms with E-state index in [9.17, 15) is 0 Å². The fourth-order valence-electron chi connectivity index (χ4n) is 4.34. The summed E-state index contributed by atoms with van der Waals surface area (Å²) in [6.07, 6.45) is 4.53. The van der Waals surface area contributed by atoms with Crippen LogP contribution >= 0.6 is 0 Å². The molecule has 0 atom stereocenters. The van der Waals surface area contributed by atoms with Crippen LogP contribution in [-0.2, 0) is 11.2 Å². The van der Waals surface area contributed by atoms with Crippen LogP contribution < -0.4 is 19.3 Å². The largest absolute Gasteiger partial charge is 0.486 e. The average Bonchev–Trinajstić information content (AvgIpc) is 3.28. The van der Waals surface area contributed by atoms with Crippen molar-refractivity contribution in [2.45, 2.75) is 6.42 Å². The number of nitrogens with zero attached hydrogens (tertiary/aromatic N) is 5. The first-order valence-corrected chi connectivity index (χ1v) is 10.7. The Balaban J connectivity index is 1.46. The number of hydrogen-bond donors (Lipinski definition) is 0. The first-order valence-electron chi connectivity index (χ1n) is 10.7. The molecule has 8 nitrogen and oxygen atoms in total. The monoisotopic (exact) mass is 417 g/mol. The minimum Gasteiger partial charge on any atom is -0.486 e. The summed E-state index contributed by atoms with van der Waals surface area (Å²) in [7, 11) is 0. The third-order valence-corrected chi connectivity index (χ3v) is 5.88. The molecule has 1 saturated heterocycles. The number of benzene rings is 1. The lowest BCUT2D eigenvalue weighted by atomic mass is 10.1. The van der Waals surface area contributed by atoms with Crippen LogP contribution in [0.3, 0.4) is 0 Å². The van der Waals surface area contributed by atoms with Crippen LogP contribution in [0.4, 0.5) is 17.5 Å². The normalized spacial score (nSPS) is 17.5. The van der Waals surface area contributed by atoms with Crippen molar-refractivity contribution in [3.8, 4) is 22.8 Å². The smallest absolute Gasteiger partial charge is 0.228 e. The number of fused-ring (bicyclic) bond motifs is 2. The first kappa shape index (κ1) is 18.4. The lowest BCUT2D eigenvalue weighted by Gasteiger charge is -2.28. The molecule has 1 fully saturated rings. The molecule has 3 aliphatic heterocycles. The molecule has 3 aliphatic rings. The standard InChI is InChI=1S/C23H23N5O3/c1-2-16(15-24-6-1)21-18-5-7-28(17-3-4-19-20(14-17)31-13-12-30-19)22(18)26-23(25-21)27-8-10-29-11-9-27/h1-4,6,14-15H,5,7-13H2. The van der Waals surface area contributed by atoms with Crippen molar-refractivity contribution in [2.75, 3.05) is 55.9 Å². The Morgan fingerprint density at radius 2 is 1.74 bits per heavy atom. The van der Waals surface area contributed by atoms with Gasteiger partial charge in [-0.2, -0.15) is 4.98 Å². The SMILES string of the molecule is c1cncc(-c2nc(N3CCOCC3)nc3c2CCN3c2ccc3c(c2)OCCO3)c1. The number of morpholine rings is 1. The molecule has 0 amide bonds. The van der Waals surface area contributed by atoms with Crippen LogP contribution in [0.1, 0.15) is 5.56 Å². The highest BCUT2D eigenvalue weighted by Crippen LogP contribution is 2.42. The Morgan fingerprint density at radius 1 is 0.871 bits per heavy atom. The van der Waals surface area contributed by atoms with Gasteiger partial charge in [-0.3, -0.25) is 4.98 Å². The highest BCUT2D eigenvalue weighted by molar-refractivity contribution is 5.77. The zero-order chi connectivity index (χ0) is 20.6. The summed E-state index contributed by atoms with van der Waals surface area (Å²) in [6, 6.07) is 10.1. The second-order valence-electron chi connectivity index (χ2n) is 7.75. The van der Waals surface area contributed by atoms with Gasteiger partial charge in [0.05, 0.1) is 18.9 Å². The molecule has 0 radical (unpaired) electrons. The quantitative estimate of drug-likeness (QED) is 0.644. The van der Waals surface area contributed by atoms with E-state index in [0.29, 0.717) is 26.4 Å². The molecule has 8 heteroatoms. The molecule has 3 aromatic rings. The summed E-state index contributed by atoms with van der Waals surface area (Å²) in [4.78, 5) is 18.8. The van der Waals surface area contributed by atoms with Crippen molar-refractivity contribution in [3.63, 3.8) is 0 Å². The van der Waals surface area contributed by atoms with Gasteiger partial charge < -0.3 is 24.0 Å². The van der Waals surface area contributed by atoms with Crippen molar-refractivity contribution < 1.29 is 14.2 Å². The Kier molecular flexibility index (Phi) is 4.57. The number of ether oxygens (including phenoxy) is 3. The molecular formula is C23H23N5O3. The van der Waals surface area contributed by atoms with E-state index in [4.69, 9.17) is 24.2 Å². The molecule has 6 rings (SSSR count). The fourth-order valence-corrected chi connectivity index (χ4v) is 4.34. The highest BCUT2D eigenvalue weighted by Gasteiger charge is 2.30. The second kappa shape index (κ2) is 7.70. The van der Waals surface area contributed by atoms with E-state index in [0.717, 1.165) is 71.8 Å². The molecule has 0 unspecified atom stereocenters. The van der Waals surface area contributed by atoms with Crippen molar-refractivity contribution >= 4 is 17.5 Å².